The normalized spacial score (nSPS) is 14.9. The standard InChI is InChI=1S/C26H24N2OS/c29-26(24-11-5-9-20-7-3-4-10-23(20)24)27-16-25(22-13-15-30-18-22)28-14-12-19-6-1-2-8-21(19)17-28/h1-11,13,15,18,25H,12,14,16-17H2,(H,27,29)/t25-/m1/s1. The molecule has 2 heterocycles. The van der Waals surface area contributed by atoms with Crippen molar-refractivity contribution in [3.8, 4) is 0 Å². The number of hydrogen-bond donors (Lipinski definition) is 1. The van der Waals surface area contributed by atoms with E-state index in [0.29, 0.717) is 6.54 Å². The van der Waals surface area contributed by atoms with Gasteiger partial charge < -0.3 is 5.32 Å². The van der Waals surface area contributed by atoms with Crippen molar-refractivity contribution in [2.75, 3.05) is 13.1 Å². The number of rotatable bonds is 5. The molecule has 0 saturated heterocycles. The van der Waals surface area contributed by atoms with Crippen LogP contribution in [0, 0.1) is 0 Å². The number of fused-ring (bicyclic) bond motifs is 2. The second-order valence-corrected chi connectivity index (χ2v) is 8.58. The molecule has 0 fully saturated rings. The summed E-state index contributed by atoms with van der Waals surface area (Å²) in [6.07, 6.45) is 1.05. The Bertz CT molecular complexity index is 1160. The zero-order valence-corrected chi connectivity index (χ0v) is 17.6. The highest BCUT2D eigenvalue weighted by atomic mass is 32.1. The maximum atomic E-state index is 13.1. The van der Waals surface area contributed by atoms with Crippen LogP contribution in [-0.4, -0.2) is 23.9 Å². The van der Waals surface area contributed by atoms with Crippen LogP contribution in [0.3, 0.4) is 0 Å². The predicted molar refractivity (Wildman–Crippen MR) is 124 cm³/mol. The van der Waals surface area contributed by atoms with Crippen LogP contribution in [0.25, 0.3) is 10.8 Å². The third kappa shape index (κ3) is 3.76. The molecular weight excluding hydrogens is 388 g/mol. The lowest BCUT2D eigenvalue weighted by Crippen LogP contribution is -2.40. The number of amides is 1. The minimum Gasteiger partial charge on any atom is -0.350 e. The van der Waals surface area contributed by atoms with Crippen molar-refractivity contribution in [3.63, 3.8) is 0 Å². The Morgan fingerprint density at radius 1 is 0.967 bits per heavy atom. The lowest BCUT2D eigenvalue weighted by atomic mass is 9.97. The van der Waals surface area contributed by atoms with E-state index >= 15 is 0 Å². The molecule has 0 bridgehead atoms. The molecule has 4 aromatic rings. The maximum Gasteiger partial charge on any atom is 0.251 e. The van der Waals surface area contributed by atoms with Crippen LogP contribution in [0.1, 0.15) is 33.1 Å². The first kappa shape index (κ1) is 19.0. The molecule has 0 aliphatic carbocycles. The second kappa shape index (κ2) is 8.42. The molecule has 1 amide bonds. The van der Waals surface area contributed by atoms with Crippen molar-refractivity contribution in [1.29, 1.82) is 0 Å². The molecule has 0 radical (unpaired) electrons. The van der Waals surface area contributed by atoms with Crippen molar-refractivity contribution in [1.82, 2.24) is 10.2 Å². The van der Waals surface area contributed by atoms with Crippen LogP contribution >= 0.6 is 11.3 Å². The van der Waals surface area contributed by atoms with Gasteiger partial charge in [-0.15, -0.1) is 0 Å². The number of hydrogen-bond acceptors (Lipinski definition) is 3. The fraction of sp³-hybridized carbons (Fsp3) is 0.192. The van der Waals surface area contributed by atoms with Gasteiger partial charge in [0.05, 0.1) is 6.04 Å². The van der Waals surface area contributed by atoms with Gasteiger partial charge in [0.25, 0.3) is 5.91 Å². The summed E-state index contributed by atoms with van der Waals surface area (Å²) < 4.78 is 0. The first-order valence-corrected chi connectivity index (χ1v) is 11.3. The van der Waals surface area contributed by atoms with Crippen LogP contribution in [-0.2, 0) is 13.0 Å². The highest BCUT2D eigenvalue weighted by Crippen LogP contribution is 2.29. The van der Waals surface area contributed by atoms with E-state index in [4.69, 9.17) is 0 Å². The molecule has 4 heteroatoms. The Labute approximate surface area is 181 Å². The van der Waals surface area contributed by atoms with Crippen molar-refractivity contribution in [3.05, 3.63) is 106 Å². The lowest BCUT2D eigenvalue weighted by molar-refractivity contribution is 0.0929. The van der Waals surface area contributed by atoms with Gasteiger partial charge in [-0.05, 0) is 56.8 Å². The van der Waals surface area contributed by atoms with Crippen molar-refractivity contribution in [2.45, 2.75) is 19.0 Å². The van der Waals surface area contributed by atoms with Crippen LogP contribution in [0.5, 0.6) is 0 Å². The molecule has 1 aliphatic rings. The molecule has 1 aliphatic heterocycles. The molecule has 0 unspecified atom stereocenters. The van der Waals surface area contributed by atoms with E-state index in [0.717, 1.165) is 35.8 Å². The fourth-order valence-corrected chi connectivity index (χ4v) is 5.12. The summed E-state index contributed by atoms with van der Waals surface area (Å²) >= 11 is 1.71. The first-order valence-electron chi connectivity index (χ1n) is 10.4. The number of thiophene rings is 1. The third-order valence-electron chi connectivity index (χ3n) is 6.02. The molecule has 1 N–H and O–H groups in total. The molecule has 3 nitrogen and oxygen atoms in total. The monoisotopic (exact) mass is 412 g/mol. The summed E-state index contributed by atoms with van der Waals surface area (Å²) in [6, 6.07) is 25.0. The minimum absolute atomic E-state index is 0.00978. The van der Waals surface area contributed by atoms with Gasteiger partial charge in [0.2, 0.25) is 0 Å². The summed E-state index contributed by atoms with van der Waals surface area (Å²) in [5, 5.41) is 9.63. The number of carbonyl (C=O) groups excluding carboxylic acids is 1. The van der Waals surface area contributed by atoms with Gasteiger partial charge in [0.15, 0.2) is 0 Å². The number of benzene rings is 3. The Morgan fingerprint density at radius 3 is 2.63 bits per heavy atom. The first-order chi connectivity index (χ1) is 14.8. The summed E-state index contributed by atoms with van der Waals surface area (Å²) in [5.74, 6) is -0.00978. The number of nitrogens with one attached hydrogen (secondary N) is 1. The smallest absolute Gasteiger partial charge is 0.251 e. The number of carbonyl (C=O) groups is 1. The average molecular weight is 413 g/mol. The van der Waals surface area contributed by atoms with Gasteiger partial charge >= 0.3 is 0 Å². The Morgan fingerprint density at radius 2 is 1.77 bits per heavy atom. The zero-order chi connectivity index (χ0) is 20.3. The Balaban J connectivity index is 1.37. The van der Waals surface area contributed by atoms with E-state index in [1.165, 1.54) is 16.7 Å². The quantitative estimate of drug-likeness (QED) is 0.474. The van der Waals surface area contributed by atoms with Crippen molar-refractivity contribution in [2.24, 2.45) is 0 Å². The van der Waals surface area contributed by atoms with Gasteiger partial charge in [-0.25, -0.2) is 0 Å². The van der Waals surface area contributed by atoms with E-state index in [-0.39, 0.29) is 11.9 Å². The van der Waals surface area contributed by atoms with Crippen molar-refractivity contribution < 1.29 is 4.79 Å². The van der Waals surface area contributed by atoms with Crippen LogP contribution < -0.4 is 5.32 Å². The highest BCUT2D eigenvalue weighted by molar-refractivity contribution is 7.08. The summed E-state index contributed by atoms with van der Waals surface area (Å²) in [5.41, 5.74) is 4.85. The summed E-state index contributed by atoms with van der Waals surface area (Å²) in [4.78, 5) is 15.6. The maximum absolute atomic E-state index is 13.1. The van der Waals surface area contributed by atoms with Crippen LogP contribution in [0.2, 0.25) is 0 Å². The molecule has 0 saturated carbocycles. The zero-order valence-electron chi connectivity index (χ0n) is 16.8. The molecule has 1 aromatic heterocycles. The molecule has 30 heavy (non-hydrogen) atoms. The van der Waals surface area contributed by atoms with Crippen molar-refractivity contribution >= 4 is 28.0 Å². The van der Waals surface area contributed by atoms with Gasteiger partial charge in [-0.2, -0.15) is 11.3 Å². The van der Waals surface area contributed by atoms with E-state index in [1.807, 2.05) is 42.5 Å². The third-order valence-corrected chi connectivity index (χ3v) is 6.72. The minimum atomic E-state index is -0.00978. The molecule has 150 valence electrons. The molecule has 1 atom stereocenters. The highest BCUT2D eigenvalue weighted by Gasteiger charge is 2.25. The SMILES string of the molecule is O=C(NC[C@H](c1ccsc1)N1CCc2ccccc2C1)c1cccc2ccccc12. The van der Waals surface area contributed by atoms with Crippen LogP contribution in [0.15, 0.2) is 83.6 Å². The van der Waals surface area contributed by atoms with Gasteiger partial charge in [0, 0.05) is 25.2 Å². The van der Waals surface area contributed by atoms with E-state index < -0.39 is 0 Å². The molecule has 3 aromatic carbocycles. The topological polar surface area (TPSA) is 32.3 Å². The largest absolute Gasteiger partial charge is 0.350 e. The summed E-state index contributed by atoms with van der Waals surface area (Å²) in [7, 11) is 0. The molecule has 5 rings (SSSR count). The Kier molecular flexibility index (Phi) is 5.35. The predicted octanol–water partition coefficient (Wildman–Crippen LogP) is 5.43. The van der Waals surface area contributed by atoms with Gasteiger partial charge in [0.1, 0.15) is 0 Å². The molecular formula is C26H24N2OS. The summed E-state index contributed by atoms with van der Waals surface area (Å²) in [6.45, 7) is 2.52. The molecule has 0 spiro atoms. The van der Waals surface area contributed by atoms with Gasteiger partial charge in [-0.3, -0.25) is 9.69 Å². The fourth-order valence-electron chi connectivity index (χ4n) is 4.41. The average Bonchev–Trinajstić information content (AvgIpc) is 3.33. The second-order valence-electron chi connectivity index (χ2n) is 7.80. The van der Waals surface area contributed by atoms with Gasteiger partial charge in [-0.1, -0.05) is 60.7 Å². The van der Waals surface area contributed by atoms with E-state index in [2.05, 4.69) is 51.3 Å². The van der Waals surface area contributed by atoms with E-state index in [1.54, 1.807) is 11.3 Å². The Hall–Kier alpha value is -2.95. The van der Waals surface area contributed by atoms with Crippen LogP contribution in [0.4, 0.5) is 0 Å². The number of nitrogens with zero attached hydrogens (tertiary/aromatic N) is 1. The lowest BCUT2D eigenvalue weighted by Gasteiger charge is -2.35. The van der Waals surface area contributed by atoms with E-state index in [9.17, 15) is 4.79 Å².